The van der Waals surface area contributed by atoms with E-state index >= 15 is 0 Å². The van der Waals surface area contributed by atoms with Gasteiger partial charge in [-0.3, -0.25) is 0 Å². The number of ether oxygens (including phenoxy) is 1. The fourth-order valence-corrected chi connectivity index (χ4v) is 3.07. The highest BCUT2D eigenvalue weighted by Crippen LogP contribution is 2.33. The van der Waals surface area contributed by atoms with Crippen LogP contribution in [-0.2, 0) is 4.74 Å². The van der Waals surface area contributed by atoms with E-state index in [0.717, 1.165) is 12.8 Å². The normalized spacial score (nSPS) is 30.6. The van der Waals surface area contributed by atoms with Gasteiger partial charge in [0.2, 0.25) is 0 Å². The standard InChI is InChI=1S/C12H22N2O2/c1-12(2)10(16-3)13-11(15)14(12)9-7-5-4-6-8-9/h9-10H,4-8H2,1-3H3,(H,13,15). The van der Waals surface area contributed by atoms with E-state index in [0.29, 0.717) is 6.04 Å². The Balaban J connectivity index is 2.15. The molecule has 0 radical (unpaired) electrons. The third-order valence-corrected chi connectivity index (χ3v) is 3.91. The molecule has 1 saturated carbocycles. The van der Waals surface area contributed by atoms with Gasteiger partial charge in [0.05, 0.1) is 5.54 Å². The molecule has 0 aromatic heterocycles. The fourth-order valence-electron chi connectivity index (χ4n) is 3.07. The molecule has 1 atom stereocenters. The van der Waals surface area contributed by atoms with Gasteiger partial charge in [0.15, 0.2) is 6.23 Å². The Bertz CT molecular complexity index is 272. The average molecular weight is 226 g/mol. The molecule has 1 heterocycles. The summed E-state index contributed by atoms with van der Waals surface area (Å²) in [6.07, 6.45) is 5.85. The summed E-state index contributed by atoms with van der Waals surface area (Å²) in [4.78, 5) is 14.0. The second kappa shape index (κ2) is 4.24. The van der Waals surface area contributed by atoms with Crippen molar-refractivity contribution in [2.75, 3.05) is 7.11 Å². The summed E-state index contributed by atoms with van der Waals surface area (Å²) < 4.78 is 5.34. The van der Waals surface area contributed by atoms with E-state index < -0.39 is 0 Å². The lowest BCUT2D eigenvalue weighted by Crippen LogP contribution is -2.52. The molecule has 2 amide bonds. The quantitative estimate of drug-likeness (QED) is 0.783. The van der Waals surface area contributed by atoms with Gasteiger partial charge in [-0.1, -0.05) is 19.3 Å². The predicted molar refractivity (Wildman–Crippen MR) is 62.1 cm³/mol. The molecule has 1 aliphatic carbocycles. The van der Waals surface area contributed by atoms with Crippen LogP contribution < -0.4 is 5.32 Å². The van der Waals surface area contributed by atoms with Gasteiger partial charge in [-0.25, -0.2) is 4.79 Å². The summed E-state index contributed by atoms with van der Waals surface area (Å²) in [5.41, 5.74) is -0.242. The maximum atomic E-state index is 12.0. The topological polar surface area (TPSA) is 41.6 Å². The molecular weight excluding hydrogens is 204 g/mol. The SMILES string of the molecule is COC1NC(=O)N(C2CCCCC2)C1(C)C. The molecule has 4 nitrogen and oxygen atoms in total. The zero-order chi connectivity index (χ0) is 11.8. The minimum absolute atomic E-state index is 0.0313. The fraction of sp³-hybridized carbons (Fsp3) is 0.917. The second-order valence-corrected chi connectivity index (χ2v) is 5.38. The Hall–Kier alpha value is -0.770. The summed E-state index contributed by atoms with van der Waals surface area (Å²) in [6, 6.07) is 0.424. The molecule has 4 heteroatoms. The Morgan fingerprint density at radius 1 is 1.31 bits per heavy atom. The average Bonchev–Trinajstić information content (AvgIpc) is 2.49. The first-order chi connectivity index (χ1) is 7.57. The zero-order valence-electron chi connectivity index (χ0n) is 10.5. The smallest absolute Gasteiger partial charge is 0.320 e. The number of amides is 2. The molecule has 0 bridgehead atoms. The maximum Gasteiger partial charge on any atom is 0.320 e. The summed E-state index contributed by atoms with van der Waals surface area (Å²) in [5, 5.41) is 2.91. The van der Waals surface area contributed by atoms with Crippen LogP contribution in [-0.4, -0.2) is 35.8 Å². The minimum atomic E-state index is -0.242. The van der Waals surface area contributed by atoms with Crippen molar-refractivity contribution in [2.24, 2.45) is 0 Å². The van der Waals surface area contributed by atoms with Crippen molar-refractivity contribution in [2.45, 2.75) is 63.8 Å². The highest BCUT2D eigenvalue weighted by Gasteiger charge is 2.49. The number of methoxy groups -OCH3 is 1. The molecule has 2 rings (SSSR count). The van der Waals surface area contributed by atoms with Crippen LogP contribution in [0.1, 0.15) is 46.0 Å². The van der Waals surface area contributed by atoms with Gasteiger partial charge in [0.25, 0.3) is 0 Å². The first-order valence-corrected chi connectivity index (χ1v) is 6.20. The highest BCUT2D eigenvalue weighted by molar-refractivity contribution is 5.78. The molecule has 1 unspecified atom stereocenters. The number of carbonyl (C=O) groups is 1. The van der Waals surface area contributed by atoms with Crippen molar-refractivity contribution in [3.63, 3.8) is 0 Å². The number of rotatable bonds is 2. The van der Waals surface area contributed by atoms with Crippen LogP contribution in [0.15, 0.2) is 0 Å². The summed E-state index contributed by atoms with van der Waals surface area (Å²) in [6.45, 7) is 4.15. The van der Waals surface area contributed by atoms with Crippen molar-refractivity contribution in [3.8, 4) is 0 Å². The van der Waals surface area contributed by atoms with Crippen molar-refractivity contribution >= 4 is 6.03 Å². The van der Waals surface area contributed by atoms with Gasteiger partial charge in [0, 0.05) is 13.2 Å². The van der Waals surface area contributed by atoms with E-state index in [1.165, 1.54) is 19.3 Å². The van der Waals surface area contributed by atoms with Crippen molar-refractivity contribution in [3.05, 3.63) is 0 Å². The number of hydrogen-bond donors (Lipinski definition) is 1. The van der Waals surface area contributed by atoms with Gasteiger partial charge in [-0.05, 0) is 26.7 Å². The van der Waals surface area contributed by atoms with Crippen molar-refractivity contribution in [1.29, 1.82) is 0 Å². The molecule has 0 aromatic rings. The van der Waals surface area contributed by atoms with Crippen LogP contribution in [0.3, 0.4) is 0 Å². The first kappa shape index (κ1) is 11.7. The lowest BCUT2D eigenvalue weighted by molar-refractivity contribution is -0.00458. The molecule has 0 aromatic carbocycles. The molecule has 1 saturated heterocycles. The number of nitrogens with one attached hydrogen (secondary N) is 1. The van der Waals surface area contributed by atoms with Crippen LogP contribution in [0.4, 0.5) is 4.79 Å². The van der Waals surface area contributed by atoms with E-state index in [2.05, 4.69) is 19.2 Å². The van der Waals surface area contributed by atoms with Crippen LogP contribution >= 0.6 is 0 Å². The lowest BCUT2D eigenvalue weighted by Gasteiger charge is -2.40. The Morgan fingerprint density at radius 3 is 2.44 bits per heavy atom. The predicted octanol–water partition coefficient (Wildman–Crippen LogP) is 2.10. The maximum absolute atomic E-state index is 12.0. The summed E-state index contributed by atoms with van der Waals surface area (Å²) in [7, 11) is 1.65. The van der Waals surface area contributed by atoms with E-state index in [-0.39, 0.29) is 17.8 Å². The van der Waals surface area contributed by atoms with Gasteiger partial charge in [0.1, 0.15) is 0 Å². The van der Waals surface area contributed by atoms with E-state index in [1.807, 2.05) is 4.90 Å². The third kappa shape index (κ3) is 1.79. The molecule has 92 valence electrons. The number of hydrogen-bond acceptors (Lipinski definition) is 2. The Kier molecular flexibility index (Phi) is 3.10. The summed E-state index contributed by atoms with van der Waals surface area (Å²) >= 11 is 0. The van der Waals surface area contributed by atoms with Crippen molar-refractivity contribution < 1.29 is 9.53 Å². The number of nitrogens with zero attached hydrogens (tertiary/aromatic N) is 1. The molecule has 1 aliphatic heterocycles. The van der Waals surface area contributed by atoms with Gasteiger partial charge in [-0.15, -0.1) is 0 Å². The van der Waals surface area contributed by atoms with Crippen LogP contribution in [0.25, 0.3) is 0 Å². The number of carbonyl (C=O) groups excluding carboxylic acids is 1. The van der Waals surface area contributed by atoms with Crippen LogP contribution in [0.2, 0.25) is 0 Å². The first-order valence-electron chi connectivity index (χ1n) is 6.20. The minimum Gasteiger partial charge on any atom is -0.359 e. The van der Waals surface area contributed by atoms with Crippen LogP contribution in [0, 0.1) is 0 Å². The van der Waals surface area contributed by atoms with E-state index in [4.69, 9.17) is 4.74 Å². The third-order valence-electron chi connectivity index (χ3n) is 3.91. The van der Waals surface area contributed by atoms with E-state index in [1.54, 1.807) is 7.11 Å². The molecule has 1 N–H and O–H groups in total. The Labute approximate surface area is 97.3 Å². The molecule has 2 fully saturated rings. The number of urea groups is 1. The van der Waals surface area contributed by atoms with Crippen molar-refractivity contribution in [1.82, 2.24) is 10.2 Å². The van der Waals surface area contributed by atoms with Crippen LogP contribution in [0.5, 0.6) is 0 Å². The second-order valence-electron chi connectivity index (χ2n) is 5.38. The van der Waals surface area contributed by atoms with E-state index in [9.17, 15) is 4.79 Å². The molecular formula is C12H22N2O2. The highest BCUT2D eigenvalue weighted by atomic mass is 16.5. The molecule has 0 spiro atoms. The largest absolute Gasteiger partial charge is 0.359 e. The lowest BCUT2D eigenvalue weighted by atomic mass is 9.91. The van der Waals surface area contributed by atoms with Gasteiger partial charge >= 0.3 is 6.03 Å². The molecule has 16 heavy (non-hydrogen) atoms. The Morgan fingerprint density at radius 2 is 1.94 bits per heavy atom. The monoisotopic (exact) mass is 226 g/mol. The zero-order valence-corrected chi connectivity index (χ0v) is 10.5. The van der Waals surface area contributed by atoms with Gasteiger partial charge < -0.3 is 15.0 Å². The summed E-state index contributed by atoms with van der Waals surface area (Å²) in [5.74, 6) is 0. The molecule has 2 aliphatic rings. The van der Waals surface area contributed by atoms with Gasteiger partial charge in [-0.2, -0.15) is 0 Å².